The summed E-state index contributed by atoms with van der Waals surface area (Å²) < 4.78 is 14.0. The number of para-hydroxylation sites is 2. The average molecular weight is 1340 g/mol. The van der Waals surface area contributed by atoms with Crippen LogP contribution in [0.5, 0.6) is 0 Å². The molecule has 6 aromatic carbocycles. The SMILES string of the molecule is C#CC=C1/C(=C\C)c2c3c4c(c5oc6ccccc6c25)C2=CCC(N(c5ccc6c(c5)C(C)(C)c5cc7c(cc5-6)C(C)(C)c5ccc6oc8ccccc8c6c5-7)C5C(C)=CCC(C)CC5C)CC2C4(I)CCC(CCCCC)(CCCCC)CCC13CCCCCCC. The molecule has 0 bridgehead atoms. The van der Waals surface area contributed by atoms with Gasteiger partial charge in [0.1, 0.15) is 22.3 Å². The number of nitrogens with zero attached hydrogens (tertiary/aromatic N) is 1. The highest BCUT2D eigenvalue weighted by atomic mass is 127. The van der Waals surface area contributed by atoms with Gasteiger partial charge in [0.2, 0.25) is 0 Å². The second-order valence-electron chi connectivity index (χ2n) is 31.8. The lowest BCUT2D eigenvalue weighted by molar-refractivity contribution is 0.157. The van der Waals surface area contributed by atoms with E-state index < -0.39 is 0 Å². The predicted molar refractivity (Wildman–Crippen MR) is 405 cm³/mol. The monoisotopic (exact) mass is 1340 g/mol. The van der Waals surface area contributed by atoms with Crippen molar-refractivity contribution in [2.75, 3.05) is 4.90 Å². The highest BCUT2D eigenvalue weighted by Gasteiger charge is 2.60. The Labute approximate surface area is 570 Å². The minimum absolute atomic E-state index is 0.168. The number of rotatable bonds is 17. The number of hydrogen-bond acceptors (Lipinski definition) is 3. The molecule has 93 heavy (non-hydrogen) atoms. The van der Waals surface area contributed by atoms with Gasteiger partial charge < -0.3 is 13.7 Å². The maximum atomic E-state index is 7.56. The van der Waals surface area contributed by atoms with E-state index in [1.165, 1.54) is 203 Å². The molecule has 0 N–H and O–H groups in total. The van der Waals surface area contributed by atoms with Gasteiger partial charge in [-0.15, -0.1) is 6.42 Å². The lowest BCUT2D eigenvalue weighted by Crippen LogP contribution is -2.49. The summed E-state index contributed by atoms with van der Waals surface area (Å²) in [4.78, 5) is 3.05. The molecule has 2 heterocycles. The molecule has 7 aliphatic carbocycles. The highest BCUT2D eigenvalue weighted by molar-refractivity contribution is 14.1. The number of benzene rings is 6. The molecule has 482 valence electrons. The summed E-state index contributed by atoms with van der Waals surface area (Å²) in [5, 5.41) is 5.04. The summed E-state index contributed by atoms with van der Waals surface area (Å²) in [6.45, 7) is 27.0. The number of terminal acetylenes is 1. The summed E-state index contributed by atoms with van der Waals surface area (Å²) in [5.74, 6) is 4.68. The van der Waals surface area contributed by atoms with Gasteiger partial charge in [-0.3, -0.25) is 0 Å². The standard InChI is InChI=1S/C89H102INO2/c1-13-18-21-22-29-45-88-48-46-87(43-27-19-14-2,44-28-20-15-3)47-49-89(90)72-52-59(38-40-62(72)80-82(89)81(88)78(60(17-5)67(88)30-16-4)79-64-32-24-26-34-74(64)93-84(79)80)91(83-56(7)36-35-55(6)50-57(83)8)58-37-39-61-65-53-71-66(54-70(65)86(11,12)69(61)51-58)76-68(85(71,9)10)41-42-75-77(76)63-31-23-25-33-73(63)92-75/h4,17,23-26,30-34,36-37,39-42,51,53-55,57,59,72,83H,13-15,18-22,27-29,35,38,43-50,52H2,1-3,5-12H3/b60-17+,67-30?. The summed E-state index contributed by atoms with van der Waals surface area (Å²) in [6.07, 6.45) is 44.0. The largest absolute Gasteiger partial charge is 0.456 e. The van der Waals surface area contributed by atoms with Gasteiger partial charge in [0.25, 0.3) is 0 Å². The van der Waals surface area contributed by atoms with E-state index in [0.717, 1.165) is 54.4 Å². The Morgan fingerprint density at radius 3 is 1.99 bits per heavy atom. The van der Waals surface area contributed by atoms with E-state index in [1.54, 1.807) is 22.3 Å². The summed E-state index contributed by atoms with van der Waals surface area (Å²) in [6, 6.07) is 35.9. The number of anilines is 1. The van der Waals surface area contributed by atoms with Gasteiger partial charge in [-0.05, 0) is 228 Å². The molecule has 0 saturated heterocycles. The first-order chi connectivity index (χ1) is 45.0. The fraction of sp³-hybridized carbons (Fsp3) is 0.483. The smallest absolute Gasteiger partial charge is 0.143 e. The van der Waals surface area contributed by atoms with Crippen molar-refractivity contribution in [3.05, 3.63) is 171 Å². The first-order valence-electron chi connectivity index (χ1n) is 37.0. The van der Waals surface area contributed by atoms with Crippen LogP contribution in [-0.2, 0) is 19.7 Å². The number of hydrogen-bond donors (Lipinski definition) is 0. The van der Waals surface area contributed by atoms with Crippen molar-refractivity contribution in [2.45, 2.75) is 249 Å². The molecule has 7 atom stereocenters. The molecule has 0 radical (unpaired) electrons. The first-order valence-corrected chi connectivity index (χ1v) is 38.1. The van der Waals surface area contributed by atoms with Gasteiger partial charge in [-0.25, -0.2) is 0 Å². The maximum absolute atomic E-state index is 7.56. The second-order valence-corrected chi connectivity index (χ2v) is 33.8. The molecule has 3 nitrogen and oxygen atoms in total. The van der Waals surface area contributed by atoms with Crippen molar-refractivity contribution in [3.63, 3.8) is 0 Å². The van der Waals surface area contributed by atoms with Crippen molar-refractivity contribution in [3.8, 4) is 34.6 Å². The predicted octanol–water partition coefficient (Wildman–Crippen LogP) is 26.1. The zero-order valence-corrected chi connectivity index (χ0v) is 60.3. The summed E-state index contributed by atoms with van der Waals surface area (Å²) >= 11 is 3.19. The lowest BCUT2D eigenvalue weighted by atomic mass is 9.64. The van der Waals surface area contributed by atoms with Crippen LogP contribution in [0.1, 0.15) is 262 Å². The van der Waals surface area contributed by atoms with Crippen molar-refractivity contribution < 1.29 is 8.83 Å². The number of alkyl halides is 1. The molecule has 0 spiro atoms. The number of fused-ring (bicyclic) bond motifs is 18. The van der Waals surface area contributed by atoms with Crippen LogP contribution in [0.4, 0.5) is 5.69 Å². The van der Waals surface area contributed by atoms with Crippen LogP contribution >= 0.6 is 22.6 Å². The summed E-state index contributed by atoms with van der Waals surface area (Å²) in [5.41, 5.74) is 28.4. The van der Waals surface area contributed by atoms with Crippen molar-refractivity contribution in [1.29, 1.82) is 0 Å². The number of unbranched alkanes of at least 4 members (excludes halogenated alkanes) is 8. The molecule has 0 fully saturated rings. The van der Waals surface area contributed by atoms with E-state index in [9.17, 15) is 0 Å². The van der Waals surface area contributed by atoms with E-state index in [1.807, 2.05) is 0 Å². The van der Waals surface area contributed by atoms with Gasteiger partial charge in [-0.2, -0.15) is 0 Å². The molecular weight excluding hydrogens is 1240 g/mol. The van der Waals surface area contributed by atoms with Crippen LogP contribution in [0.25, 0.3) is 77.3 Å². The lowest BCUT2D eigenvalue weighted by Gasteiger charge is -2.47. The molecule has 0 amide bonds. The van der Waals surface area contributed by atoms with E-state index in [0.29, 0.717) is 17.8 Å². The normalized spacial score (nSPS) is 26.1. The topological polar surface area (TPSA) is 29.5 Å². The van der Waals surface area contributed by atoms with Crippen molar-refractivity contribution >= 4 is 83.3 Å². The minimum atomic E-state index is -0.231. The fourth-order valence-corrected chi connectivity index (χ4v) is 22.4. The van der Waals surface area contributed by atoms with Gasteiger partial charge in [-0.1, -0.05) is 234 Å². The third-order valence-electron chi connectivity index (χ3n) is 25.6. The zero-order valence-electron chi connectivity index (χ0n) is 58.1. The Kier molecular flexibility index (Phi) is 16.2. The molecule has 0 aliphatic heterocycles. The van der Waals surface area contributed by atoms with Gasteiger partial charge in [0.15, 0.2) is 0 Å². The molecule has 8 aromatic rings. The molecule has 15 rings (SSSR count). The Hall–Kier alpha value is -6.03. The molecule has 0 saturated carbocycles. The third kappa shape index (κ3) is 9.62. The van der Waals surface area contributed by atoms with Crippen LogP contribution in [0.15, 0.2) is 135 Å². The first kappa shape index (κ1) is 63.0. The van der Waals surface area contributed by atoms with Crippen LogP contribution in [0.2, 0.25) is 0 Å². The Morgan fingerprint density at radius 2 is 1.26 bits per heavy atom. The molecule has 7 aliphatic rings. The molecule has 2 aromatic heterocycles. The highest BCUT2D eigenvalue weighted by Crippen LogP contribution is 2.72. The maximum Gasteiger partial charge on any atom is 0.143 e. The van der Waals surface area contributed by atoms with Gasteiger partial charge >= 0.3 is 0 Å². The third-order valence-corrected chi connectivity index (χ3v) is 27.5. The number of allylic oxidation sites excluding steroid dienone is 6. The average Bonchev–Trinajstić information content (AvgIpc) is 1.50. The molecular formula is C89H102INO2. The quantitative estimate of drug-likeness (QED) is 0.0299. The minimum Gasteiger partial charge on any atom is -0.456 e. The number of furan rings is 2. The zero-order chi connectivity index (χ0) is 64.5. The van der Waals surface area contributed by atoms with Crippen LogP contribution < -0.4 is 4.90 Å². The molecule has 7 unspecified atom stereocenters. The van der Waals surface area contributed by atoms with E-state index in [-0.39, 0.29) is 37.2 Å². The Bertz CT molecular complexity index is 4470. The van der Waals surface area contributed by atoms with Gasteiger partial charge in [0.05, 0.1) is 9.46 Å². The van der Waals surface area contributed by atoms with Crippen LogP contribution in [-0.4, -0.2) is 12.1 Å². The number of halogens is 1. The van der Waals surface area contributed by atoms with E-state index >= 15 is 0 Å². The fourth-order valence-electron chi connectivity index (χ4n) is 21.0. The summed E-state index contributed by atoms with van der Waals surface area (Å²) in [7, 11) is 0. The van der Waals surface area contributed by atoms with E-state index in [2.05, 4.69) is 225 Å². The van der Waals surface area contributed by atoms with Gasteiger partial charge in [0, 0.05) is 61.0 Å². The van der Waals surface area contributed by atoms with Crippen molar-refractivity contribution in [1.82, 2.24) is 0 Å². The van der Waals surface area contributed by atoms with Crippen LogP contribution in [0.3, 0.4) is 0 Å². The Balaban J connectivity index is 0.917. The molecule has 4 heteroatoms. The Morgan fingerprint density at radius 1 is 0.613 bits per heavy atom. The van der Waals surface area contributed by atoms with Crippen molar-refractivity contribution in [2.24, 2.45) is 23.2 Å². The van der Waals surface area contributed by atoms with E-state index in [4.69, 9.17) is 15.3 Å². The second kappa shape index (κ2) is 24.0. The van der Waals surface area contributed by atoms with Crippen LogP contribution in [0, 0.1) is 35.5 Å².